The first-order chi connectivity index (χ1) is 12.9. The van der Waals surface area contributed by atoms with Crippen LogP contribution in [-0.4, -0.2) is 34.9 Å². The van der Waals surface area contributed by atoms with Gasteiger partial charge in [0.2, 0.25) is 0 Å². The highest BCUT2D eigenvalue weighted by Gasteiger charge is 2.33. The van der Waals surface area contributed by atoms with Gasteiger partial charge in [-0.05, 0) is 46.2 Å². The van der Waals surface area contributed by atoms with Crippen molar-refractivity contribution < 1.29 is 4.74 Å². The maximum atomic E-state index is 6.12. The van der Waals surface area contributed by atoms with E-state index in [1.165, 1.54) is 11.3 Å². The highest BCUT2D eigenvalue weighted by molar-refractivity contribution is 5.80. The van der Waals surface area contributed by atoms with Crippen LogP contribution in [-0.2, 0) is 6.54 Å². The van der Waals surface area contributed by atoms with E-state index in [-0.39, 0.29) is 11.6 Å². The summed E-state index contributed by atoms with van der Waals surface area (Å²) in [6.07, 6.45) is 1.87. The summed E-state index contributed by atoms with van der Waals surface area (Å²) in [6.45, 7) is 10.1. The van der Waals surface area contributed by atoms with Crippen LogP contribution in [0.2, 0.25) is 0 Å². The first kappa shape index (κ1) is 19.3. The Morgan fingerprint density at radius 2 is 2.11 bits per heavy atom. The van der Waals surface area contributed by atoms with Gasteiger partial charge in [0.15, 0.2) is 5.96 Å². The van der Waals surface area contributed by atoms with E-state index in [1.54, 1.807) is 0 Å². The van der Waals surface area contributed by atoms with E-state index in [0.29, 0.717) is 0 Å². The number of hydrogen-bond donors (Lipinski definition) is 2. The quantitative estimate of drug-likeness (QED) is 0.482. The maximum Gasteiger partial charge on any atom is 0.191 e. The molecular formula is C21H31N5O. The van der Waals surface area contributed by atoms with Crippen molar-refractivity contribution in [2.45, 2.75) is 58.7 Å². The molecule has 6 heteroatoms. The van der Waals surface area contributed by atoms with E-state index in [2.05, 4.69) is 64.4 Å². The number of hydrogen-bond acceptors (Lipinski definition) is 3. The van der Waals surface area contributed by atoms with Crippen LogP contribution in [0, 0.1) is 13.8 Å². The highest BCUT2D eigenvalue weighted by atomic mass is 16.5. The molecule has 0 bridgehead atoms. The topological polar surface area (TPSA) is 63.5 Å². The molecule has 2 N–H and O–H groups in total. The van der Waals surface area contributed by atoms with E-state index in [1.807, 2.05) is 26.1 Å². The summed E-state index contributed by atoms with van der Waals surface area (Å²) in [6, 6.07) is 10.5. The lowest BCUT2D eigenvalue weighted by Crippen LogP contribution is -2.45. The van der Waals surface area contributed by atoms with Crippen molar-refractivity contribution >= 4 is 5.96 Å². The third-order valence-corrected chi connectivity index (χ3v) is 4.85. The van der Waals surface area contributed by atoms with Gasteiger partial charge in [-0.2, -0.15) is 5.10 Å². The van der Waals surface area contributed by atoms with Crippen LogP contribution in [0.25, 0.3) is 0 Å². The number of aliphatic imine (C=N–C) groups is 1. The third kappa shape index (κ3) is 4.81. The second kappa shape index (κ2) is 8.03. The molecule has 0 amide bonds. The molecule has 146 valence electrons. The number of rotatable bonds is 5. The van der Waals surface area contributed by atoms with Crippen LogP contribution in [0.4, 0.5) is 0 Å². The van der Waals surface area contributed by atoms with Crippen LogP contribution in [0.15, 0.2) is 35.3 Å². The Balaban J connectivity index is 1.56. The molecule has 0 radical (unpaired) electrons. The lowest BCUT2D eigenvalue weighted by Gasteiger charge is -2.38. The van der Waals surface area contributed by atoms with Gasteiger partial charge in [0.25, 0.3) is 0 Å². The fourth-order valence-corrected chi connectivity index (χ4v) is 3.63. The molecule has 1 atom stereocenters. The number of fused-ring (bicyclic) bond motifs is 1. The SMILES string of the molecule is CN=C(NCCCn1nc(C)cc1C)NC1CC(C)(C)Oc2ccccc21. The fourth-order valence-electron chi connectivity index (χ4n) is 3.63. The van der Waals surface area contributed by atoms with Crippen molar-refractivity contribution in [3.8, 4) is 5.75 Å². The van der Waals surface area contributed by atoms with Gasteiger partial charge >= 0.3 is 0 Å². The number of nitrogens with one attached hydrogen (secondary N) is 2. The number of guanidine groups is 1. The molecule has 1 aromatic carbocycles. The molecule has 1 unspecified atom stereocenters. The Labute approximate surface area is 162 Å². The summed E-state index contributed by atoms with van der Waals surface area (Å²) in [5.41, 5.74) is 3.25. The number of para-hydroxylation sites is 1. The Kier molecular flexibility index (Phi) is 5.73. The summed E-state index contributed by atoms with van der Waals surface area (Å²) >= 11 is 0. The van der Waals surface area contributed by atoms with Crippen LogP contribution >= 0.6 is 0 Å². The summed E-state index contributed by atoms with van der Waals surface area (Å²) in [4.78, 5) is 4.40. The van der Waals surface area contributed by atoms with E-state index in [9.17, 15) is 0 Å². The van der Waals surface area contributed by atoms with Gasteiger partial charge in [0.1, 0.15) is 11.4 Å². The first-order valence-corrected chi connectivity index (χ1v) is 9.64. The van der Waals surface area contributed by atoms with Gasteiger partial charge in [0, 0.05) is 37.8 Å². The molecule has 3 rings (SSSR count). The van der Waals surface area contributed by atoms with Gasteiger partial charge in [-0.25, -0.2) is 0 Å². The average Bonchev–Trinajstić information content (AvgIpc) is 2.93. The van der Waals surface area contributed by atoms with Crippen molar-refractivity contribution in [1.29, 1.82) is 0 Å². The van der Waals surface area contributed by atoms with Gasteiger partial charge < -0.3 is 15.4 Å². The standard InChI is InChI=1S/C21H31N5O/c1-15-13-16(2)26(25-15)12-8-11-23-20(22-5)24-18-14-21(3,4)27-19-10-7-6-9-17(18)19/h6-7,9-10,13,18H,8,11-12,14H2,1-5H3,(H2,22,23,24). The smallest absolute Gasteiger partial charge is 0.191 e. The number of ether oxygens (including phenoxy) is 1. The van der Waals surface area contributed by atoms with E-state index >= 15 is 0 Å². The van der Waals surface area contributed by atoms with Crippen LogP contribution in [0.1, 0.15) is 49.7 Å². The van der Waals surface area contributed by atoms with E-state index < -0.39 is 0 Å². The molecule has 0 aliphatic carbocycles. The minimum atomic E-state index is -0.208. The maximum absolute atomic E-state index is 6.12. The second-order valence-electron chi connectivity index (χ2n) is 7.80. The van der Waals surface area contributed by atoms with Crippen LogP contribution in [0.3, 0.4) is 0 Å². The predicted octanol–water partition coefficient (Wildman–Crippen LogP) is 3.36. The first-order valence-electron chi connectivity index (χ1n) is 9.64. The number of aromatic nitrogens is 2. The van der Waals surface area contributed by atoms with Crippen LogP contribution in [0.5, 0.6) is 5.75 Å². The van der Waals surface area contributed by atoms with Gasteiger partial charge in [0.05, 0.1) is 11.7 Å². The molecule has 0 saturated heterocycles. The predicted molar refractivity (Wildman–Crippen MR) is 109 cm³/mol. The summed E-state index contributed by atoms with van der Waals surface area (Å²) < 4.78 is 8.18. The fraction of sp³-hybridized carbons (Fsp3) is 0.524. The molecule has 6 nitrogen and oxygen atoms in total. The van der Waals surface area contributed by atoms with Crippen molar-refractivity contribution in [2.24, 2.45) is 4.99 Å². The Morgan fingerprint density at radius 1 is 1.33 bits per heavy atom. The molecule has 1 aromatic heterocycles. The molecular weight excluding hydrogens is 338 g/mol. The molecule has 27 heavy (non-hydrogen) atoms. The third-order valence-electron chi connectivity index (χ3n) is 4.85. The van der Waals surface area contributed by atoms with Crippen molar-refractivity contribution in [1.82, 2.24) is 20.4 Å². The Morgan fingerprint density at radius 3 is 2.81 bits per heavy atom. The molecule has 0 spiro atoms. The summed E-state index contributed by atoms with van der Waals surface area (Å²) in [5.74, 6) is 1.77. The number of aryl methyl sites for hydroxylation is 3. The average molecular weight is 370 g/mol. The zero-order valence-corrected chi connectivity index (χ0v) is 17.0. The monoisotopic (exact) mass is 369 g/mol. The Bertz CT molecular complexity index is 809. The van der Waals surface area contributed by atoms with Crippen molar-refractivity contribution in [2.75, 3.05) is 13.6 Å². The summed E-state index contributed by atoms with van der Waals surface area (Å²) in [7, 11) is 1.81. The lowest BCUT2D eigenvalue weighted by atomic mass is 9.90. The molecule has 0 fully saturated rings. The number of benzene rings is 1. The minimum absolute atomic E-state index is 0.173. The largest absolute Gasteiger partial charge is 0.487 e. The van der Waals surface area contributed by atoms with Crippen LogP contribution < -0.4 is 15.4 Å². The normalized spacial score (nSPS) is 18.6. The van der Waals surface area contributed by atoms with E-state index in [0.717, 1.165) is 43.3 Å². The molecule has 0 saturated carbocycles. The highest BCUT2D eigenvalue weighted by Crippen LogP contribution is 2.39. The molecule has 2 heterocycles. The van der Waals surface area contributed by atoms with Gasteiger partial charge in [-0.3, -0.25) is 9.67 Å². The van der Waals surface area contributed by atoms with Crippen molar-refractivity contribution in [3.63, 3.8) is 0 Å². The Hall–Kier alpha value is -2.50. The zero-order chi connectivity index (χ0) is 19.4. The number of nitrogens with zero attached hydrogens (tertiary/aromatic N) is 3. The lowest BCUT2D eigenvalue weighted by molar-refractivity contribution is 0.0694. The van der Waals surface area contributed by atoms with Crippen molar-refractivity contribution in [3.05, 3.63) is 47.3 Å². The summed E-state index contributed by atoms with van der Waals surface area (Å²) in [5, 5.41) is 11.5. The zero-order valence-electron chi connectivity index (χ0n) is 17.0. The molecule has 1 aliphatic rings. The molecule has 1 aliphatic heterocycles. The molecule has 2 aromatic rings. The minimum Gasteiger partial charge on any atom is -0.487 e. The second-order valence-corrected chi connectivity index (χ2v) is 7.80. The van der Waals surface area contributed by atoms with E-state index in [4.69, 9.17) is 4.74 Å². The van der Waals surface area contributed by atoms with Gasteiger partial charge in [-0.1, -0.05) is 18.2 Å². The van der Waals surface area contributed by atoms with Gasteiger partial charge in [-0.15, -0.1) is 0 Å².